The summed E-state index contributed by atoms with van der Waals surface area (Å²) in [4.78, 5) is 11.1. The number of benzene rings is 1. The number of carbonyl (C=O) groups excluding carboxylic acids is 1. The summed E-state index contributed by atoms with van der Waals surface area (Å²) in [6.45, 7) is 0. The lowest BCUT2D eigenvalue weighted by Crippen LogP contribution is -2.24. The first-order valence-electron chi connectivity index (χ1n) is 6.54. The molecule has 0 saturated carbocycles. The molecule has 0 radical (unpaired) electrons. The van der Waals surface area contributed by atoms with Gasteiger partial charge in [-0.3, -0.25) is 0 Å². The maximum Gasteiger partial charge on any atom is 0.335 e. The van der Waals surface area contributed by atoms with E-state index < -0.39 is 12.1 Å². The third-order valence-electron chi connectivity index (χ3n) is 3.05. The highest BCUT2D eigenvalue weighted by Crippen LogP contribution is 2.18. The van der Waals surface area contributed by atoms with Gasteiger partial charge in [0.15, 0.2) is 6.10 Å². The van der Waals surface area contributed by atoms with Crippen LogP contribution < -0.4 is 4.74 Å². The molecular formula is C16H18O4. The Bertz CT molecular complexity index is 502. The van der Waals surface area contributed by atoms with E-state index in [0.717, 1.165) is 17.7 Å². The highest BCUT2D eigenvalue weighted by Gasteiger charge is 2.15. The van der Waals surface area contributed by atoms with Gasteiger partial charge in [-0.1, -0.05) is 30.4 Å². The van der Waals surface area contributed by atoms with Crippen molar-refractivity contribution in [1.29, 1.82) is 0 Å². The van der Waals surface area contributed by atoms with Crippen LogP contribution in [0.15, 0.2) is 48.6 Å². The smallest absolute Gasteiger partial charge is 0.335 e. The first-order valence-corrected chi connectivity index (χ1v) is 6.54. The minimum Gasteiger partial charge on any atom is -0.486 e. The second-order valence-electron chi connectivity index (χ2n) is 4.59. The average molecular weight is 274 g/mol. The van der Waals surface area contributed by atoms with Crippen molar-refractivity contribution in [2.45, 2.75) is 25.0 Å². The van der Waals surface area contributed by atoms with Gasteiger partial charge >= 0.3 is 5.97 Å². The molecule has 0 fully saturated rings. The fourth-order valence-corrected chi connectivity index (χ4v) is 1.97. The van der Waals surface area contributed by atoms with Crippen molar-refractivity contribution in [2.24, 2.45) is 0 Å². The minimum absolute atomic E-state index is 0.0616. The number of carbonyl (C=O) groups is 1. The standard InChI is InChI=1S/C16H18O4/c1-19-16(18)15(17)11-12-7-9-14(10-8-12)20-13-5-3-2-4-6-13/h2-5,7-10,13,15,17H,6,11H2,1H3. The number of ether oxygens (including phenoxy) is 2. The molecule has 2 rings (SSSR count). The molecule has 4 heteroatoms. The first kappa shape index (κ1) is 14.3. The highest BCUT2D eigenvalue weighted by molar-refractivity contribution is 5.74. The minimum atomic E-state index is -1.13. The summed E-state index contributed by atoms with van der Waals surface area (Å²) in [7, 11) is 1.26. The summed E-state index contributed by atoms with van der Waals surface area (Å²) < 4.78 is 10.3. The lowest BCUT2D eigenvalue weighted by Gasteiger charge is -2.16. The molecule has 0 saturated heterocycles. The topological polar surface area (TPSA) is 55.8 Å². The van der Waals surface area contributed by atoms with E-state index in [-0.39, 0.29) is 12.5 Å². The molecule has 1 aromatic carbocycles. The van der Waals surface area contributed by atoms with Gasteiger partial charge in [-0.2, -0.15) is 0 Å². The number of hydrogen-bond acceptors (Lipinski definition) is 4. The van der Waals surface area contributed by atoms with Crippen LogP contribution in [0.4, 0.5) is 0 Å². The summed E-state index contributed by atoms with van der Waals surface area (Å²) in [5.74, 6) is 0.149. The predicted octanol–water partition coefficient (Wildman–Crippen LogP) is 2.03. The SMILES string of the molecule is COC(=O)C(O)Cc1ccc(OC2C=CC=CC2)cc1. The zero-order valence-corrected chi connectivity index (χ0v) is 11.4. The summed E-state index contributed by atoms with van der Waals surface area (Å²) in [5, 5.41) is 9.58. The van der Waals surface area contributed by atoms with E-state index in [0.29, 0.717) is 0 Å². The molecule has 2 unspecified atom stereocenters. The van der Waals surface area contributed by atoms with Crippen molar-refractivity contribution in [3.8, 4) is 5.75 Å². The largest absolute Gasteiger partial charge is 0.486 e. The molecule has 106 valence electrons. The summed E-state index contributed by atoms with van der Waals surface area (Å²) in [6, 6.07) is 7.35. The van der Waals surface area contributed by atoms with Crippen LogP contribution in [0.3, 0.4) is 0 Å². The molecule has 0 amide bonds. The molecule has 1 aliphatic rings. The van der Waals surface area contributed by atoms with Gasteiger partial charge in [-0.15, -0.1) is 0 Å². The van der Waals surface area contributed by atoms with Gasteiger partial charge in [-0.05, 0) is 23.8 Å². The molecule has 0 aromatic heterocycles. The molecule has 1 aliphatic carbocycles. The van der Waals surface area contributed by atoms with Gasteiger partial charge in [0.1, 0.15) is 11.9 Å². The molecule has 0 bridgehead atoms. The maximum absolute atomic E-state index is 11.1. The van der Waals surface area contributed by atoms with E-state index in [4.69, 9.17) is 4.74 Å². The van der Waals surface area contributed by atoms with E-state index in [1.807, 2.05) is 42.5 Å². The monoisotopic (exact) mass is 274 g/mol. The van der Waals surface area contributed by atoms with Crippen LogP contribution >= 0.6 is 0 Å². The predicted molar refractivity (Wildman–Crippen MR) is 75.5 cm³/mol. The Morgan fingerprint density at radius 1 is 1.35 bits per heavy atom. The Morgan fingerprint density at radius 3 is 2.70 bits per heavy atom. The fraction of sp³-hybridized carbons (Fsp3) is 0.312. The molecule has 2 atom stereocenters. The summed E-state index contributed by atoms with van der Waals surface area (Å²) >= 11 is 0. The number of methoxy groups -OCH3 is 1. The molecule has 0 aliphatic heterocycles. The van der Waals surface area contributed by atoms with E-state index in [1.54, 1.807) is 0 Å². The molecule has 1 aromatic rings. The number of aliphatic hydroxyl groups is 1. The third kappa shape index (κ3) is 3.96. The van der Waals surface area contributed by atoms with Crippen molar-refractivity contribution >= 4 is 5.97 Å². The first-order chi connectivity index (χ1) is 9.69. The van der Waals surface area contributed by atoms with E-state index in [2.05, 4.69) is 10.8 Å². The number of hydrogen-bond donors (Lipinski definition) is 1. The Balaban J connectivity index is 1.91. The van der Waals surface area contributed by atoms with Gasteiger partial charge in [0.2, 0.25) is 0 Å². The van der Waals surface area contributed by atoms with Crippen molar-refractivity contribution in [3.05, 3.63) is 54.1 Å². The average Bonchev–Trinajstić information content (AvgIpc) is 2.49. The summed E-state index contributed by atoms with van der Waals surface area (Å²) in [5.41, 5.74) is 0.856. The second-order valence-corrected chi connectivity index (χ2v) is 4.59. The lowest BCUT2D eigenvalue weighted by atomic mass is 10.1. The van der Waals surface area contributed by atoms with Crippen LogP contribution in [0.25, 0.3) is 0 Å². The van der Waals surface area contributed by atoms with Crippen molar-refractivity contribution in [2.75, 3.05) is 7.11 Å². The zero-order chi connectivity index (χ0) is 14.4. The Labute approximate surface area is 118 Å². The Kier molecular flexibility index (Phi) is 4.96. The van der Waals surface area contributed by atoms with Gasteiger partial charge in [-0.25, -0.2) is 4.79 Å². The molecule has 4 nitrogen and oxygen atoms in total. The molecule has 0 spiro atoms. The van der Waals surface area contributed by atoms with Crippen LogP contribution in [0.2, 0.25) is 0 Å². The molecule has 20 heavy (non-hydrogen) atoms. The van der Waals surface area contributed by atoms with Gasteiger partial charge in [0.25, 0.3) is 0 Å². The lowest BCUT2D eigenvalue weighted by molar-refractivity contribution is -0.150. The number of aliphatic hydroxyl groups excluding tert-OH is 1. The van der Waals surface area contributed by atoms with Crippen LogP contribution in [0.1, 0.15) is 12.0 Å². The zero-order valence-electron chi connectivity index (χ0n) is 11.4. The Hall–Kier alpha value is -2.07. The molecule has 0 heterocycles. The number of rotatable bonds is 5. The van der Waals surface area contributed by atoms with Gasteiger partial charge in [0, 0.05) is 12.8 Å². The van der Waals surface area contributed by atoms with Crippen molar-refractivity contribution < 1.29 is 19.4 Å². The van der Waals surface area contributed by atoms with Crippen molar-refractivity contribution in [1.82, 2.24) is 0 Å². The van der Waals surface area contributed by atoms with Crippen LogP contribution in [0, 0.1) is 0 Å². The summed E-state index contributed by atoms with van der Waals surface area (Å²) in [6.07, 6.45) is 8.07. The van der Waals surface area contributed by atoms with E-state index in [9.17, 15) is 9.90 Å². The normalized spacial score (nSPS) is 18.6. The fourth-order valence-electron chi connectivity index (χ4n) is 1.97. The van der Waals surface area contributed by atoms with Crippen LogP contribution in [0.5, 0.6) is 5.75 Å². The second kappa shape index (κ2) is 6.91. The van der Waals surface area contributed by atoms with Crippen molar-refractivity contribution in [3.63, 3.8) is 0 Å². The van der Waals surface area contributed by atoms with Gasteiger partial charge in [0.05, 0.1) is 7.11 Å². The van der Waals surface area contributed by atoms with Gasteiger partial charge < -0.3 is 14.6 Å². The quantitative estimate of drug-likeness (QED) is 0.835. The third-order valence-corrected chi connectivity index (χ3v) is 3.05. The molecular weight excluding hydrogens is 256 g/mol. The number of esters is 1. The Morgan fingerprint density at radius 2 is 2.10 bits per heavy atom. The van der Waals surface area contributed by atoms with Crippen LogP contribution in [-0.4, -0.2) is 30.4 Å². The van der Waals surface area contributed by atoms with E-state index >= 15 is 0 Å². The van der Waals surface area contributed by atoms with Crippen LogP contribution in [-0.2, 0) is 16.0 Å². The van der Waals surface area contributed by atoms with E-state index in [1.165, 1.54) is 7.11 Å². The maximum atomic E-state index is 11.1. The highest BCUT2D eigenvalue weighted by atomic mass is 16.5. The number of allylic oxidation sites excluding steroid dienone is 2. The molecule has 1 N–H and O–H groups in total.